The maximum atomic E-state index is 12.6. The molecule has 7 heteroatoms. The molecule has 0 saturated heterocycles. The molecule has 0 radical (unpaired) electrons. The summed E-state index contributed by atoms with van der Waals surface area (Å²) in [4.78, 5) is 26.0. The van der Waals surface area contributed by atoms with Crippen LogP contribution in [-0.2, 0) is 9.59 Å². The largest absolute Gasteiger partial charge is 0.495 e. The molecule has 0 spiro atoms. The van der Waals surface area contributed by atoms with Gasteiger partial charge in [0.05, 0.1) is 32.1 Å². The number of para-hydroxylation sites is 2. The van der Waals surface area contributed by atoms with Crippen molar-refractivity contribution < 1.29 is 24.0 Å². The van der Waals surface area contributed by atoms with E-state index in [2.05, 4.69) is 10.6 Å². The van der Waals surface area contributed by atoms with Gasteiger partial charge in [-0.05, 0) is 43.2 Å². The summed E-state index contributed by atoms with van der Waals surface area (Å²) in [5.41, 5.74) is 2.27. The fourth-order valence-electron chi connectivity index (χ4n) is 3.10. The number of hydrogen-bond donors (Lipinski definition) is 3. The maximum absolute atomic E-state index is 12.6. The van der Waals surface area contributed by atoms with E-state index in [1.54, 1.807) is 26.4 Å². The molecule has 0 aliphatic rings. The number of amides is 2. The first-order valence-electron chi connectivity index (χ1n) is 9.67. The van der Waals surface area contributed by atoms with Crippen LogP contribution >= 0.6 is 0 Å². The number of rotatable bonds is 10. The zero-order chi connectivity index (χ0) is 21.2. The monoisotopic (exact) mass is 400 g/mol. The Balaban J connectivity index is 1.99. The fourth-order valence-corrected chi connectivity index (χ4v) is 3.10. The Kier molecular flexibility index (Phi) is 8.48. The van der Waals surface area contributed by atoms with Crippen LogP contribution in [0.1, 0.15) is 18.9 Å². The van der Waals surface area contributed by atoms with E-state index in [-0.39, 0.29) is 24.9 Å². The molecule has 29 heavy (non-hydrogen) atoms. The first kappa shape index (κ1) is 22.2. The van der Waals surface area contributed by atoms with E-state index < -0.39 is 0 Å². The lowest BCUT2D eigenvalue weighted by Crippen LogP contribution is -3.14. The van der Waals surface area contributed by atoms with E-state index in [9.17, 15) is 9.59 Å². The molecule has 0 saturated carbocycles. The zero-order valence-corrected chi connectivity index (χ0v) is 17.5. The van der Waals surface area contributed by atoms with Crippen molar-refractivity contribution in [3.8, 4) is 11.5 Å². The molecule has 2 amide bonds. The number of quaternary nitrogens is 1. The Morgan fingerprint density at radius 3 is 2.10 bits per heavy atom. The Hall–Kier alpha value is -3.06. The van der Waals surface area contributed by atoms with Gasteiger partial charge in [-0.15, -0.1) is 0 Å². The van der Waals surface area contributed by atoms with E-state index in [0.29, 0.717) is 29.4 Å². The number of carbonyl (C=O) groups excluding carboxylic acids is 2. The zero-order valence-electron chi connectivity index (χ0n) is 17.5. The molecule has 1 atom stereocenters. The van der Waals surface area contributed by atoms with Crippen molar-refractivity contribution in [2.24, 2.45) is 0 Å². The second-order valence-corrected chi connectivity index (χ2v) is 6.85. The van der Waals surface area contributed by atoms with Crippen LogP contribution in [0, 0.1) is 6.92 Å². The molecular formula is C22H30N3O4+. The Morgan fingerprint density at radius 1 is 0.897 bits per heavy atom. The highest BCUT2D eigenvalue weighted by Gasteiger charge is 2.19. The van der Waals surface area contributed by atoms with E-state index in [4.69, 9.17) is 9.47 Å². The predicted octanol–water partition coefficient (Wildman–Crippen LogP) is 1.88. The van der Waals surface area contributed by atoms with Crippen LogP contribution in [0.5, 0.6) is 11.5 Å². The van der Waals surface area contributed by atoms with E-state index in [1.165, 1.54) is 0 Å². The fraction of sp³-hybridized carbons (Fsp3) is 0.364. The van der Waals surface area contributed by atoms with Crippen molar-refractivity contribution in [1.82, 2.24) is 0 Å². The van der Waals surface area contributed by atoms with Crippen LogP contribution in [-0.4, -0.2) is 45.7 Å². The van der Waals surface area contributed by atoms with Gasteiger partial charge in [0.25, 0.3) is 11.8 Å². The number of nitrogens with one attached hydrogen (secondary N) is 3. The van der Waals surface area contributed by atoms with Crippen LogP contribution < -0.4 is 25.0 Å². The summed E-state index contributed by atoms with van der Waals surface area (Å²) in [6.45, 7) is 5.05. The van der Waals surface area contributed by atoms with Gasteiger partial charge >= 0.3 is 0 Å². The number of carbonyl (C=O) groups is 2. The second kappa shape index (κ2) is 11.1. The normalized spacial score (nSPS) is 11.4. The highest BCUT2D eigenvalue weighted by Crippen LogP contribution is 2.25. The minimum Gasteiger partial charge on any atom is -0.495 e. The lowest BCUT2D eigenvalue weighted by Gasteiger charge is -2.19. The Bertz CT molecular complexity index is 839. The van der Waals surface area contributed by atoms with Gasteiger partial charge in [0.1, 0.15) is 11.5 Å². The molecule has 2 rings (SSSR count). The average Bonchev–Trinajstić information content (AvgIpc) is 2.68. The third kappa shape index (κ3) is 6.80. The number of anilines is 2. The van der Waals surface area contributed by atoms with Crippen molar-refractivity contribution in [3.05, 3.63) is 48.0 Å². The van der Waals surface area contributed by atoms with Crippen LogP contribution in [0.4, 0.5) is 11.4 Å². The molecular weight excluding hydrogens is 370 g/mol. The Labute approximate surface area is 172 Å². The molecule has 0 bridgehead atoms. The summed E-state index contributed by atoms with van der Waals surface area (Å²) in [5.74, 6) is 0.874. The molecule has 2 aromatic carbocycles. The van der Waals surface area contributed by atoms with Crippen LogP contribution in [0.3, 0.4) is 0 Å². The molecule has 1 unspecified atom stereocenters. The summed E-state index contributed by atoms with van der Waals surface area (Å²) in [7, 11) is 3.13. The highest BCUT2D eigenvalue weighted by molar-refractivity contribution is 5.94. The minimum absolute atomic E-state index is 0.164. The summed E-state index contributed by atoms with van der Waals surface area (Å²) >= 11 is 0. The number of benzene rings is 2. The van der Waals surface area contributed by atoms with Crippen molar-refractivity contribution in [1.29, 1.82) is 0 Å². The number of methoxy groups -OCH3 is 2. The van der Waals surface area contributed by atoms with E-state index in [1.807, 2.05) is 44.2 Å². The number of hydrogen-bond acceptors (Lipinski definition) is 4. The first-order chi connectivity index (χ1) is 14.0. The topological polar surface area (TPSA) is 81.1 Å². The lowest BCUT2D eigenvalue weighted by atomic mass is 10.2. The molecule has 0 aromatic heterocycles. The van der Waals surface area contributed by atoms with E-state index in [0.717, 1.165) is 16.9 Å². The molecule has 7 nitrogen and oxygen atoms in total. The average molecular weight is 400 g/mol. The van der Waals surface area contributed by atoms with Crippen molar-refractivity contribution >= 4 is 23.2 Å². The quantitative estimate of drug-likeness (QED) is 0.569. The molecule has 156 valence electrons. The molecule has 2 aromatic rings. The number of ether oxygens (including phenoxy) is 2. The summed E-state index contributed by atoms with van der Waals surface area (Å²) in [6, 6.07) is 12.9. The summed E-state index contributed by atoms with van der Waals surface area (Å²) in [5, 5.41) is 5.76. The van der Waals surface area contributed by atoms with Crippen LogP contribution in [0.25, 0.3) is 0 Å². The first-order valence-corrected chi connectivity index (χ1v) is 9.67. The summed E-state index contributed by atoms with van der Waals surface area (Å²) < 4.78 is 10.6. The molecule has 3 N–H and O–H groups in total. The standard InChI is InChI=1S/C22H29N3O4/c1-5-12-25(14-21(26)23-17-8-6-7-9-19(17)28-3)15-22(27)24-18-13-16(2)10-11-20(18)29-4/h6-11,13H,5,12,14-15H2,1-4H3,(H,23,26)(H,24,27)/p+1. The lowest BCUT2D eigenvalue weighted by molar-refractivity contribution is -0.883. The molecule has 0 aliphatic carbocycles. The molecule has 0 fully saturated rings. The molecule has 0 heterocycles. The predicted molar refractivity (Wildman–Crippen MR) is 114 cm³/mol. The van der Waals surface area contributed by atoms with Crippen molar-refractivity contribution in [2.45, 2.75) is 20.3 Å². The van der Waals surface area contributed by atoms with Gasteiger partial charge < -0.3 is 25.0 Å². The van der Waals surface area contributed by atoms with Gasteiger partial charge in [-0.25, -0.2) is 0 Å². The Morgan fingerprint density at radius 2 is 1.48 bits per heavy atom. The third-order valence-corrected chi connectivity index (χ3v) is 4.43. The number of aryl methyl sites for hydroxylation is 1. The van der Waals surface area contributed by atoms with Crippen molar-refractivity contribution in [3.63, 3.8) is 0 Å². The van der Waals surface area contributed by atoms with Crippen LogP contribution in [0.15, 0.2) is 42.5 Å². The second-order valence-electron chi connectivity index (χ2n) is 6.85. The van der Waals surface area contributed by atoms with Gasteiger partial charge in [-0.1, -0.05) is 25.1 Å². The van der Waals surface area contributed by atoms with Gasteiger partial charge in [0, 0.05) is 0 Å². The van der Waals surface area contributed by atoms with Gasteiger partial charge in [0.2, 0.25) is 0 Å². The third-order valence-electron chi connectivity index (χ3n) is 4.43. The van der Waals surface area contributed by atoms with Gasteiger partial charge in [-0.3, -0.25) is 9.59 Å². The SMILES string of the molecule is CCC[NH+](CC(=O)Nc1ccccc1OC)CC(=O)Nc1cc(C)ccc1OC. The molecule has 0 aliphatic heterocycles. The summed E-state index contributed by atoms with van der Waals surface area (Å²) in [6.07, 6.45) is 0.859. The minimum atomic E-state index is -0.168. The van der Waals surface area contributed by atoms with Gasteiger partial charge in [0.15, 0.2) is 13.1 Å². The van der Waals surface area contributed by atoms with Crippen molar-refractivity contribution in [2.75, 3.05) is 44.5 Å². The van der Waals surface area contributed by atoms with Crippen LogP contribution in [0.2, 0.25) is 0 Å². The highest BCUT2D eigenvalue weighted by atomic mass is 16.5. The maximum Gasteiger partial charge on any atom is 0.279 e. The van der Waals surface area contributed by atoms with E-state index >= 15 is 0 Å². The smallest absolute Gasteiger partial charge is 0.279 e. The van der Waals surface area contributed by atoms with Gasteiger partial charge in [-0.2, -0.15) is 0 Å².